The normalized spacial score (nSPS) is 11.4. The summed E-state index contributed by atoms with van der Waals surface area (Å²) < 4.78 is 19.5. The molecule has 0 spiro atoms. The lowest BCUT2D eigenvalue weighted by Crippen LogP contribution is -2.35. The van der Waals surface area contributed by atoms with Crippen molar-refractivity contribution in [2.24, 2.45) is 5.92 Å². The minimum atomic E-state index is -1.40. The van der Waals surface area contributed by atoms with Crippen molar-refractivity contribution in [3.8, 4) is 5.75 Å². The van der Waals surface area contributed by atoms with E-state index in [-0.39, 0.29) is 13.2 Å². The van der Waals surface area contributed by atoms with Crippen molar-refractivity contribution >= 4 is 23.7 Å². The monoisotopic (exact) mass is 380 g/mol. The Kier molecular flexibility index (Phi) is 8.98. The first-order valence-corrected chi connectivity index (χ1v) is 8.47. The van der Waals surface area contributed by atoms with E-state index in [1.165, 1.54) is 7.11 Å². The van der Waals surface area contributed by atoms with Crippen molar-refractivity contribution in [1.29, 1.82) is 0 Å². The van der Waals surface area contributed by atoms with Gasteiger partial charge in [-0.1, -0.05) is 12.1 Å². The fraction of sp³-hybridized carbons (Fsp3) is 0.474. The summed E-state index contributed by atoms with van der Waals surface area (Å²) in [5.41, 5.74) is 0.485. The van der Waals surface area contributed by atoms with Crippen LogP contribution in [0.4, 0.5) is 0 Å². The van der Waals surface area contributed by atoms with Crippen molar-refractivity contribution in [2.45, 2.75) is 26.2 Å². The number of ketones is 1. The number of carbonyl (C=O) groups excluding carboxylic acids is 4. The van der Waals surface area contributed by atoms with Crippen molar-refractivity contribution in [3.63, 3.8) is 0 Å². The number of hydrogen-bond donors (Lipinski definition) is 0. The molecule has 27 heavy (non-hydrogen) atoms. The summed E-state index contributed by atoms with van der Waals surface area (Å²) in [4.78, 5) is 48.6. The Morgan fingerprint density at radius 2 is 1.41 bits per heavy atom. The molecule has 0 bridgehead atoms. The Morgan fingerprint density at radius 3 is 1.81 bits per heavy atom. The zero-order valence-corrected chi connectivity index (χ0v) is 15.9. The molecule has 0 aromatic heterocycles. The molecular weight excluding hydrogens is 356 g/mol. The number of methoxy groups -OCH3 is 2. The Balaban J connectivity index is 3.35. The first-order chi connectivity index (χ1) is 12.9. The topological polar surface area (TPSA) is 105 Å². The minimum absolute atomic E-state index is 0.0506. The highest BCUT2D eigenvalue weighted by molar-refractivity contribution is 6.33. The Morgan fingerprint density at radius 1 is 0.889 bits per heavy atom. The van der Waals surface area contributed by atoms with Crippen LogP contribution in [-0.2, 0) is 33.4 Å². The number of ether oxygens (including phenoxy) is 4. The predicted molar refractivity (Wildman–Crippen MR) is 94.1 cm³/mol. The van der Waals surface area contributed by atoms with Crippen LogP contribution in [0.2, 0.25) is 0 Å². The van der Waals surface area contributed by atoms with Crippen molar-refractivity contribution < 1.29 is 38.1 Å². The fourth-order valence-corrected chi connectivity index (χ4v) is 2.56. The third kappa shape index (κ3) is 6.09. The SMILES string of the molecule is CCOC(=O)C(C(=O)OCC)C(CC(=O)C(=O)OC)c1ccc(OC)cc1. The van der Waals surface area contributed by atoms with Crippen LogP contribution in [0.5, 0.6) is 5.75 Å². The van der Waals surface area contributed by atoms with Crippen LogP contribution in [0, 0.1) is 5.92 Å². The Hall–Kier alpha value is -2.90. The first kappa shape index (κ1) is 22.1. The van der Waals surface area contributed by atoms with Crippen molar-refractivity contribution in [3.05, 3.63) is 29.8 Å². The molecule has 0 saturated carbocycles. The molecule has 0 aliphatic rings. The van der Waals surface area contributed by atoms with E-state index in [4.69, 9.17) is 14.2 Å². The van der Waals surface area contributed by atoms with Crippen LogP contribution in [0.1, 0.15) is 31.7 Å². The summed E-state index contributed by atoms with van der Waals surface area (Å²) >= 11 is 0. The van der Waals surface area contributed by atoms with Crippen molar-refractivity contribution in [1.82, 2.24) is 0 Å². The van der Waals surface area contributed by atoms with Crippen LogP contribution in [0.15, 0.2) is 24.3 Å². The van der Waals surface area contributed by atoms with Crippen molar-refractivity contribution in [2.75, 3.05) is 27.4 Å². The first-order valence-electron chi connectivity index (χ1n) is 8.47. The molecular formula is C19H24O8. The van der Waals surface area contributed by atoms with Gasteiger partial charge in [-0.25, -0.2) is 4.79 Å². The van der Waals surface area contributed by atoms with Gasteiger partial charge in [-0.3, -0.25) is 14.4 Å². The van der Waals surface area contributed by atoms with E-state index < -0.39 is 41.9 Å². The molecule has 1 aromatic rings. The molecule has 0 heterocycles. The lowest BCUT2D eigenvalue weighted by Gasteiger charge is -2.24. The molecule has 8 nitrogen and oxygen atoms in total. The Bertz CT molecular complexity index is 647. The van der Waals surface area contributed by atoms with Gasteiger partial charge in [-0.05, 0) is 31.5 Å². The molecule has 0 aliphatic heterocycles. The van der Waals surface area contributed by atoms with Gasteiger partial charge in [0.2, 0.25) is 5.78 Å². The molecule has 0 amide bonds. The third-order valence-electron chi connectivity index (χ3n) is 3.85. The fourth-order valence-electron chi connectivity index (χ4n) is 2.56. The average molecular weight is 380 g/mol. The van der Waals surface area contributed by atoms with E-state index >= 15 is 0 Å². The van der Waals surface area contributed by atoms with Gasteiger partial charge in [0.15, 0.2) is 5.92 Å². The van der Waals surface area contributed by atoms with E-state index in [2.05, 4.69) is 4.74 Å². The number of hydrogen-bond acceptors (Lipinski definition) is 8. The molecule has 1 rings (SSSR count). The summed E-state index contributed by atoms with van der Waals surface area (Å²) in [6, 6.07) is 6.47. The van der Waals surface area contributed by atoms with Gasteiger partial charge >= 0.3 is 17.9 Å². The van der Waals surface area contributed by atoms with Gasteiger partial charge in [0.1, 0.15) is 5.75 Å². The third-order valence-corrected chi connectivity index (χ3v) is 3.85. The largest absolute Gasteiger partial charge is 0.497 e. The van der Waals surface area contributed by atoms with Gasteiger partial charge in [-0.2, -0.15) is 0 Å². The summed E-state index contributed by atoms with van der Waals surface area (Å²) in [5.74, 6) is -5.37. The van der Waals surface area contributed by atoms with Crippen LogP contribution < -0.4 is 4.74 Å². The van der Waals surface area contributed by atoms with Crippen LogP contribution >= 0.6 is 0 Å². The molecule has 0 radical (unpaired) electrons. The molecule has 1 aromatic carbocycles. The predicted octanol–water partition coefficient (Wildman–Crippen LogP) is 1.65. The summed E-state index contributed by atoms with van der Waals surface area (Å²) in [6.45, 7) is 3.30. The minimum Gasteiger partial charge on any atom is -0.497 e. The molecule has 1 atom stereocenters. The van der Waals surface area contributed by atoms with E-state index in [1.807, 2.05) is 0 Å². The molecule has 0 N–H and O–H groups in total. The zero-order valence-electron chi connectivity index (χ0n) is 15.9. The van der Waals surface area contributed by atoms with Crippen LogP contribution in [0.25, 0.3) is 0 Å². The highest BCUT2D eigenvalue weighted by atomic mass is 16.6. The molecule has 0 saturated heterocycles. The summed E-state index contributed by atoms with van der Waals surface area (Å²) in [7, 11) is 2.57. The lowest BCUT2D eigenvalue weighted by atomic mass is 9.82. The van der Waals surface area contributed by atoms with Gasteiger partial charge in [0.05, 0.1) is 27.4 Å². The second-order valence-corrected chi connectivity index (χ2v) is 5.48. The highest BCUT2D eigenvalue weighted by Crippen LogP contribution is 2.32. The molecule has 0 aliphatic carbocycles. The van der Waals surface area contributed by atoms with Crippen LogP contribution in [0.3, 0.4) is 0 Å². The lowest BCUT2D eigenvalue weighted by molar-refractivity contribution is -0.163. The van der Waals surface area contributed by atoms with Gasteiger partial charge in [0.25, 0.3) is 0 Å². The van der Waals surface area contributed by atoms with Gasteiger partial charge in [-0.15, -0.1) is 0 Å². The number of carbonyl (C=O) groups is 4. The maximum absolute atomic E-state index is 12.4. The second-order valence-electron chi connectivity index (χ2n) is 5.48. The quantitative estimate of drug-likeness (QED) is 0.261. The maximum atomic E-state index is 12.4. The maximum Gasteiger partial charge on any atom is 0.374 e. The summed E-state index contributed by atoms with van der Waals surface area (Å²) in [5, 5.41) is 0. The second kappa shape index (κ2) is 10.9. The number of rotatable bonds is 10. The van der Waals surface area contributed by atoms with Gasteiger partial charge < -0.3 is 18.9 Å². The number of Topliss-reactive ketones (excluding diaryl/α,β-unsaturated/α-hetero) is 1. The van der Waals surface area contributed by atoms with E-state index in [0.29, 0.717) is 11.3 Å². The van der Waals surface area contributed by atoms with E-state index in [9.17, 15) is 19.2 Å². The molecule has 1 unspecified atom stereocenters. The number of esters is 3. The van der Waals surface area contributed by atoms with Gasteiger partial charge in [0, 0.05) is 12.3 Å². The standard InChI is InChI=1S/C19H24O8/c1-5-26-18(22)16(19(23)27-6-2)14(11-15(20)17(21)25-4)12-7-9-13(24-3)10-8-12/h7-10,14,16H,5-6,11H2,1-4H3. The average Bonchev–Trinajstić information content (AvgIpc) is 2.67. The smallest absolute Gasteiger partial charge is 0.374 e. The zero-order chi connectivity index (χ0) is 20.4. The molecule has 148 valence electrons. The number of benzene rings is 1. The molecule has 0 fully saturated rings. The highest BCUT2D eigenvalue weighted by Gasteiger charge is 2.40. The molecule has 8 heteroatoms. The van der Waals surface area contributed by atoms with E-state index in [0.717, 1.165) is 7.11 Å². The summed E-state index contributed by atoms with van der Waals surface area (Å²) in [6.07, 6.45) is -0.415. The van der Waals surface area contributed by atoms with E-state index in [1.54, 1.807) is 38.1 Å². The van der Waals surface area contributed by atoms with Crippen LogP contribution in [-0.4, -0.2) is 51.1 Å². The Labute approximate surface area is 157 Å².